The lowest BCUT2D eigenvalue weighted by molar-refractivity contribution is 0.878. The summed E-state index contributed by atoms with van der Waals surface area (Å²) in [6.07, 6.45) is 0. The van der Waals surface area contributed by atoms with Crippen LogP contribution in [0, 0.1) is 0 Å². The van der Waals surface area contributed by atoms with Crippen LogP contribution in [0.1, 0.15) is 25.3 Å². The zero-order valence-corrected chi connectivity index (χ0v) is 17.3. The highest BCUT2D eigenvalue weighted by Gasteiger charge is 2.14. The molecule has 6 aromatic rings. The number of fused-ring (bicyclic) bond motifs is 6. The molecule has 0 spiro atoms. The topological polar surface area (TPSA) is 15.8 Å². The van der Waals surface area contributed by atoms with Crippen molar-refractivity contribution in [1.82, 2.24) is 4.98 Å². The van der Waals surface area contributed by atoms with Gasteiger partial charge in [0.15, 0.2) is 0 Å². The fraction of sp³-hybridized carbons (Fsp3) is 0.111. The number of benzene rings is 4. The van der Waals surface area contributed by atoms with Crippen LogP contribution < -0.4 is 0 Å². The number of aromatic nitrogens is 1. The molecule has 0 aliphatic carbocycles. The summed E-state index contributed by atoms with van der Waals surface area (Å²) >= 11 is 1.94. The van der Waals surface area contributed by atoms with E-state index in [9.17, 15) is 0 Å². The van der Waals surface area contributed by atoms with Gasteiger partial charge in [-0.25, -0.2) is 0 Å². The van der Waals surface area contributed by atoms with E-state index >= 15 is 0 Å². The van der Waals surface area contributed by atoms with E-state index in [0.717, 1.165) is 0 Å². The highest BCUT2D eigenvalue weighted by Crippen LogP contribution is 2.43. The number of hydrogen-bond acceptors (Lipinski definition) is 1. The summed E-state index contributed by atoms with van der Waals surface area (Å²) < 4.78 is 2.81. The van der Waals surface area contributed by atoms with Gasteiger partial charge in [-0.05, 0) is 40.8 Å². The van der Waals surface area contributed by atoms with Gasteiger partial charge in [-0.1, -0.05) is 74.5 Å². The number of H-pyrrole nitrogens is 1. The second kappa shape index (κ2) is 6.20. The van der Waals surface area contributed by atoms with Gasteiger partial charge in [0.2, 0.25) is 0 Å². The first-order valence-corrected chi connectivity index (χ1v) is 11.0. The minimum absolute atomic E-state index is 0.526. The van der Waals surface area contributed by atoms with E-state index in [4.69, 9.17) is 0 Å². The summed E-state index contributed by atoms with van der Waals surface area (Å²) in [6, 6.07) is 28.8. The van der Waals surface area contributed by atoms with Crippen molar-refractivity contribution >= 4 is 53.3 Å². The zero-order valence-electron chi connectivity index (χ0n) is 16.5. The molecular formula is C27H21NS. The molecule has 0 unspecified atom stereocenters. The Morgan fingerprint density at radius 3 is 2.24 bits per heavy atom. The van der Waals surface area contributed by atoms with E-state index < -0.39 is 0 Å². The predicted octanol–water partition coefficient (Wildman–Crippen LogP) is 8.48. The van der Waals surface area contributed by atoms with Gasteiger partial charge in [-0.2, -0.15) is 0 Å². The molecule has 140 valence electrons. The summed E-state index contributed by atoms with van der Waals surface area (Å²) in [4.78, 5) is 3.54. The standard InChI is InChI=1S/C27H21NS/c1-16(2)18-8-5-10-21-22-11-6-9-19(27(22)29-26(18)21)17-13-14-25-23(15-17)20-7-3-4-12-24(20)28-25/h3-16,28H,1-2H3. The normalized spacial score (nSPS) is 12.1. The molecule has 0 saturated carbocycles. The second-order valence-electron chi connectivity index (χ2n) is 8.09. The molecule has 0 radical (unpaired) electrons. The fourth-order valence-corrected chi connectivity index (χ4v) is 6.04. The maximum atomic E-state index is 3.54. The van der Waals surface area contributed by atoms with Crippen LogP contribution in [0.25, 0.3) is 53.1 Å². The lowest BCUT2D eigenvalue weighted by Crippen LogP contribution is -1.85. The van der Waals surface area contributed by atoms with Crippen LogP contribution in [0.4, 0.5) is 0 Å². The molecule has 4 aromatic carbocycles. The monoisotopic (exact) mass is 391 g/mol. The third kappa shape index (κ3) is 2.46. The summed E-state index contributed by atoms with van der Waals surface area (Å²) in [6.45, 7) is 4.57. The van der Waals surface area contributed by atoms with Crippen molar-refractivity contribution in [3.63, 3.8) is 0 Å². The molecular weight excluding hydrogens is 370 g/mol. The van der Waals surface area contributed by atoms with Gasteiger partial charge in [0.25, 0.3) is 0 Å². The van der Waals surface area contributed by atoms with Crippen LogP contribution in [0.15, 0.2) is 78.9 Å². The lowest BCUT2D eigenvalue weighted by Gasteiger charge is -2.05. The SMILES string of the molecule is CC(C)c1cccc2c1sc1c(-c3ccc4[nH]c5ccccc5c4c3)cccc12. The van der Waals surface area contributed by atoms with Crippen molar-refractivity contribution in [2.24, 2.45) is 0 Å². The average molecular weight is 392 g/mol. The average Bonchev–Trinajstić information content (AvgIpc) is 3.31. The summed E-state index contributed by atoms with van der Waals surface area (Å²) in [7, 11) is 0. The molecule has 0 aliphatic rings. The van der Waals surface area contributed by atoms with Gasteiger partial charge in [0.1, 0.15) is 0 Å². The third-order valence-corrected chi connectivity index (χ3v) is 7.30. The highest BCUT2D eigenvalue weighted by molar-refractivity contribution is 7.26. The van der Waals surface area contributed by atoms with Crippen LogP contribution in [0.5, 0.6) is 0 Å². The number of thiophene rings is 1. The molecule has 2 heteroatoms. The van der Waals surface area contributed by atoms with Gasteiger partial charge < -0.3 is 4.98 Å². The van der Waals surface area contributed by atoms with Crippen molar-refractivity contribution in [1.29, 1.82) is 0 Å². The Morgan fingerprint density at radius 2 is 1.38 bits per heavy atom. The summed E-state index contributed by atoms with van der Waals surface area (Å²) in [5.41, 5.74) is 6.44. The van der Waals surface area contributed by atoms with Crippen molar-refractivity contribution in [3.8, 4) is 11.1 Å². The minimum Gasteiger partial charge on any atom is -0.355 e. The Morgan fingerprint density at radius 1 is 0.655 bits per heavy atom. The number of hydrogen-bond donors (Lipinski definition) is 1. The quantitative estimate of drug-likeness (QED) is 0.304. The van der Waals surface area contributed by atoms with Crippen LogP contribution in [-0.2, 0) is 0 Å². The summed E-state index contributed by atoms with van der Waals surface area (Å²) in [5.74, 6) is 0.526. The van der Waals surface area contributed by atoms with Crippen LogP contribution in [0.2, 0.25) is 0 Å². The Kier molecular flexibility index (Phi) is 3.60. The second-order valence-corrected chi connectivity index (χ2v) is 9.11. The lowest BCUT2D eigenvalue weighted by atomic mass is 9.98. The molecule has 0 aliphatic heterocycles. The van der Waals surface area contributed by atoms with E-state index in [-0.39, 0.29) is 0 Å². The first-order valence-electron chi connectivity index (χ1n) is 10.2. The molecule has 1 N–H and O–H groups in total. The van der Waals surface area contributed by atoms with Gasteiger partial charge in [0, 0.05) is 42.0 Å². The van der Waals surface area contributed by atoms with Gasteiger partial charge in [0.05, 0.1) is 0 Å². The molecule has 0 saturated heterocycles. The molecule has 0 bridgehead atoms. The molecule has 2 heterocycles. The van der Waals surface area contributed by atoms with E-state index in [1.807, 2.05) is 11.3 Å². The molecule has 0 amide bonds. The Bertz CT molecular complexity index is 1530. The first-order chi connectivity index (χ1) is 14.2. The zero-order chi connectivity index (χ0) is 19.5. The van der Waals surface area contributed by atoms with E-state index in [1.54, 1.807) is 0 Å². The van der Waals surface area contributed by atoms with Gasteiger partial charge in [-0.15, -0.1) is 11.3 Å². The van der Waals surface area contributed by atoms with E-state index in [1.165, 1.54) is 58.7 Å². The van der Waals surface area contributed by atoms with Crippen LogP contribution in [-0.4, -0.2) is 4.98 Å². The van der Waals surface area contributed by atoms with Crippen LogP contribution in [0.3, 0.4) is 0 Å². The smallest absolute Gasteiger partial charge is 0.0465 e. The Hall–Kier alpha value is -3.10. The molecule has 1 nitrogen and oxygen atoms in total. The minimum atomic E-state index is 0.526. The van der Waals surface area contributed by atoms with Crippen molar-refractivity contribution < 1.29 is 0 Å². The first kappa shape index (κ1) is 16.8. The van der Waals surface area contributed by atoms with Crippen molar-refractivity contribution in [3.05, 3.63) is 84.4 Å². The molecule has 29 heavy (non-hydrogen) atoms. The molecule has 0 fully saturated rings. The maximum Gasteiger partial charge on any atom is 0.0465 e. The van der Waals surface area contributed by atoms with E-state index in [0.29, 0.717) is 5.92 Å². The van der Waals surface area contributed by atoms with Gasteiger partial charge in [-0.3, -0.25) is 0 Å². The van der Waals surface area contributed by atoms with Crippen LogP contribution >= 0.6 is 11.3 Å². The number of rotatable bonds is 2. The van der Waals surface area contributed by atoms with E-state index in [2.05, 4.69) is 97.7 Å². The number of aromatic amines is 1. The largest absolute Gasteiger partial charge is 0.355 e. The summed E-state index contributed by atoms with van der Waals surface area (Å²) in [5, 5.41) is 5.32. The molecule has 6 rings (SSSR count). The molecule has 0 atom stereocenters. The third-order valence-electron chi connectivity index (χ3n) is 5.99. The number of nitrogens with one attached hydrogen (secondary N) is 1. The highest BCUT2D eigenvalue weighted by atomic mass is 32.1. The van der Waals surface area contributed by atoms with Crippen molar-refractivity contribution in [2.45, 2.75) is 19.8 Å². The molecule has 2 aromatic heterocycles. The maximum absolute atomic E-state index is 3.54. The van der Waals surface area contributed by atoms with Crippen molar-refractivity contribution in [2.75, 3.05) is 0 Å². The Balaban J connectivity index is 1.66. The predicted molar refractivity (Wildman–Crippen MR) is 128 cm³/mol. The Labute approximate surface area is 173 Å². The van der Waals surface area contributed by atoms with Gasteiger partial charge >= 0.3 is 0 Å². The number of para-hydroxylation sites is 1. The fourth-order valence-electron chi connectivity index (χ4n) is 4.54.